The first-order chi connectivity index (χ1) is 9.35. The number of unbranched alkanes of at least 4 members (excludes halogenated alkanes) is 1. The maximum absolute atomic E-state index is 5.27. The lowest BCUT2D eigenvalue weighted by atomic mass is 9.75. The highest BCUT2D eigenvalue weighted by molar-refractivity contribution is 5.13. The molecule has 1 heterocycles. The van der Waals surface area contributed by atoms with Crippen molar-refractivity contribution in [1.29, 1.82) is 0 Å². The zero-order valence-corrected chi connectivity index (χ0v) is 12.5. The van der Waals surface area contributed by atoms with Gasteiger partial charge in [0, 0.05) is 11.6 Å². The van der Waals surface area contributed by atoms with Gasteiger partial charge in [0.05, 0.1) is 12.5 Å². The summed E-state index contributed by atoms with van der Waals surface area (Å²) in [6.07, 6.45) is 13.5. The minimum atomic E-state index is 0.496. The van der Waals surface area contributed by atoms with Crippen LogP contribution in [-0.4, -0.2) is 6.54 Å². The lowest BCUT2D eigenvalue weighted by Crippen LogP contribution is -2.30. The van der Waals surface area contributed by atoms with E-state index in [-0.39, 0.29) is 0 Å². The zero-order chi connectivity index (χ0) is 13.5. The molecule has 1 aliphatic rings. The van der Waals surface area contributed by atoms with Crippen molar-refractivity contribution in [2.45, 2.75) is 64.8 Å². The van der Waals surface area contributed by atoms with Crippen molar-refractivity contribution in [3.63, 3.8) is 0 Å². The highest BCUT2D eigenvalue weighted by atomic mass is 16.3. The Bertz CT molecular complexity index is 325. The molecule has 0 bridgehead atoms. The number of furan rings is 1. The van der Waals surface area contributed by atoms with Crippen LogP contribution in [0.4, 0.5) is 0 Å². The molecule has 0 saturated heterocycles. The third-order valence-electron chi connectivity index (χ3n) is 4.66. The molecule has 2 rings (SSSR count). The summed E-state index contributed by atoms with van der Waals surface area (Å²) in [7, 11) is 0. The topological polar surface area (TPSA) is 25.2 Å². The summed E-state index contributed by atoms with van der Waals surface area (Å²) < 4.78 is 5.27. The summed E-state index contributed by atoms with van der Waals surface area (Å²) in [6, 6.07) is 2.62. The van der Waals surface area contributed by atoms with Gasteiger partial charge in [-0.3, -0.25) is 0 Å². The van der Waals surface area contributed by atoms with Gasteiger partial charge in [0.1, 0.15) is 0 Å². The first-order valence-corrected chi connectivity index (χ1v) is 8.10. The number of rotatable bonds is 7. The van der Waals surface area contributed by atoms with Gasteiger partial charge in [-0.25, -0.2) is 0 Å². The largest absolute Gasteiger partial charge is 0.472 e. The third kappa shape index (κ3) is 4.10. The molecule has 1 fully saturated rings. The van der Waals surface area contributed by atoms with Crippen LogP contribution in [0.25, 0.3) is 0 Å². The van der Waals surface area contributed by atoms with Gasteiger partial charge in [0.15, 0.2) is 0 Å². The number of hydrogen-bond acceptors (Lipinski definition) is 2. The van der Waals surface area contributed by atoms with Gasteiger partial charge < -0.3 is 9.73 Å². The van der Waals surface area contributed by atoms with Crippen LogP contribution in [0.3, 0.4) is 0 Å². The maximum Gasteiger partial charge on any atom is 0.0950 e. The van der Waals surface area contributed by atoms with Gasteiger partial charge >= 0.3 is 0 Å². The van der Waals surface area contributed by atoms with Gasteiger partial charge in [0.2, 0.25) is 0 Å². The molecule has 1 saturated carbocycles. The van der Waals surface area contributed by atoms with Crippen LogP contribution >= 0.6 is 0 Å². The summed E-state index contributed by atoms with van der Waals surface area (Å²) >= 11 is 0. The van der Waals surface area contributed by atoms with E-state index in [1.54, 1.807) is 6.26 Å². The van der Waals surface area contributed by atoms with Crippen molar-refractivity contribution in [3.05, 3.63) is 24.2 Å². The second kappa shape index (κ2) is 7.74. The Kier molecular flexibility index (Phi) is 5.96. The fourth-order valence-electron chi connectivity index (χ4n) is 3.53. The highest BCUT2D eigenvalue weighted by Gasteiger charge is 2.28. The summed E-state index contributed by atoms with van der Waals surface area (Å²) in [5.74, 6) is 1.78. The Balaban J connectivity index is 1.87. The van der Waals surface area contributed by atoms with Crippen LogP contribution in [0.5, 0.6) is 0 Å². The van der Waals surface area contributed by atoms with E-state index in [9.17, 15) is 0 Å². The second-order valence-electron chi connectivity index (χ2n) is 6.02. The average Bonchev–Trinajstić information content (AvgIpc) is 2.97. The van der Waals surface area contributed by atoms with E-state index in [0.717, 1.165) is 18.4 Å². The van der Waals surface area contributed by atoms with Gasteiger partial charge in [-0.1, -0.05) is 46.0 Å². The van der Waals surface area contributed by atoms with E-state index < -0.39 is 0 Å². The number of nitrogens with one attached hydrogen (secondary N) is 1. The molecule has 1 N–H and O–H groups in total. The molecule has 1 atom stereocenters. The molecule has 1 unspecified atom stereocenters. The van der Waals surface area contributed by atoms with E-state index in [0.29, 0.717) is 6.04 Å². The Labute approximate surface area is 118 Å². The standard InChI is InChI=1S/C17H29NO/c1-3-5-6-14-7-9-15(10-8-14)17(18-4-2)16-11-12-19-13-16/h11-15,17-18H,3-10H2,1-2H3. The Morgan fingerprint density at radius 2 is 2.05 bits per heavy atom. The fourth-order valence-corrected chi connectivity index (χ4v) is 3.53. The van der Waals surface area contributed by atoms with Gasteiger partial charge in [-0.05, 0) is 37.3 Å². The molecule has 2 nitrogen and oxygen atoms in total. The van der Waals surface area contributed by atoms with E-state index in [1.807, 2.05) is 6.26 Å². The Morgan fingerprint density at radius 3 is 2.63 bits per heavy atom. The molecule has 0 aromatic carbocycles. The molecule has 108 valence electrons. The van der Waals surface area contributed by atoms with Crippen molar-refractivity contribution in [1.82, 2.24) is 5.32 Å². The van der Waals surface area contributed by atoms with E-state index in [4.69, 9.17) is 4.42 Å². The summed E-state index contributed by atoms with van der Waals surface area (Å²) in [6.45, 7) is 5.53. The normalized spacial score (nSPS) is 25.4. The third-order valence-corrected chi connectivity index (χ3v) is 4.66. The van der Waals surface area contributed by atoms with E-state index in [2.05, 4.69) is 25.2 Å². The molecule has 19 heavy (non-hydrogen) atoms. The van der Waals surface area contributed by atoms with Gasteiger partial charge in [0.25, 0.3) is 0 Å². The van der Waals surface area contributed by atoms with Crippen molar-refractivity contribution in [2.75, 3.05) is 6.54 Å². The van der Waals surface area contributed by atoms with Crippen LogP contribution in [0, 0.1) is 11.8 Å². The molecule has 0 radical (unpaired) electrons. The average molecular weight is 263 g/mol. The monoisotopic (exact) mass is 263 g/mol. The lowest BCUT2D eigenvalue weighted by molar-refractivity contribution is 0.214. The fraction of sp³-hybridized carbons (Fsp3) is 0.765. The van der Waals surface area contributed by atoms with Crippen LogP contribution in [-0.2, 0) is 0 Å². The van der Waals surface area contributed by atoms with E-state index in [1.165, 1.54) is 50.5 Å². The molecule has 2 heteroatoms. The molecule has 0 aliphatic heterocycles. The molecule has 1 aromatic rings. The number of hydrogen-bond donors (Lipinski definition) is 1. The maximum atomic E-state index is 5.27. The van der Waals surface area contributed by atoms with Crippen LogP contribution < -0.4 is 5.32 Å². The van der Waals surface area contributed by atoms with Crippen LogP contribution in [0.1, 0.15) is 70.4 Å². The second-order valence-corrected chi connectivity index (χ2v) is 6.02. The molecule has 1 aliphatic carbocycles. The van der Waals surface area contributed by atoms with Crippen molar-refractivity contribution in [2.24, 2.45) is 11.8 Å². The quantitative estimate of drug-likeness (QED) is 0.754. The SMILES string of the molecule is CCCCC1CCC(C(NCC)c2ccoc2)CC1. The highest BCUT2D eigenvalue weighted by Crippen LogP contribution is 2.38. The van der Waals surface area contributed by atoms with Crippen LogP contribution in [0.15, 0.2) is 23.0 Å². The summed E-state index contributed by atoms with van der Waals surface area (Å²) in [5, 5.41) is 3.65. The van der Waals surface area contributed by atoms with Crippen molar-refractivity contribution in [3.8, 4) is 0 Å². The van der Waals surface area contributed by atoms with Gasteiger partial charge in [-0.15, -0.1) is 0 Å². The molecule has 0 amide bonds. The van der Waals surface area contributed by atoms with Crippen LogP contribution in [0.2, 0.25) is 0 Å². The van der Waals surface area contributed by atoms with Crippen molar-refractivity contribution >= 4 is 0 Å². The Hall–Kier alpha value is -0.760. The van der Waals surface area contributed by atoms with Crippen molar-refractivity contribution < 1.29 is 4.42 Å². The summed E-state index contributed by atoms with van der Waals surface area (Å²) in [5.41, 5.74) is 1.33. The van der Waals surface area contributed by atoms with E-state index >= 15 is 0 Å². The summed E-state index contributed by atoms with van der Waals surface area (Å²) in [4.78, 5) is 0. The minimum absolute atomic E-state index is 0.496. The first kappa shape index (κ1) is 14.6. The first-order valence-electron chi connectivity index (χ1n) is 8.10. The molecule has 0 spiro atoms. The lowest BCUT2D eigenvalue weighted by Gasteiger charge is -2.34. The molecular formula is C17H29NO. The molecule has 1 aromatic heterocycles. The molecular weight excluding hydrogens is 234 g/mol. The Morgan fingerprint density at radius 1 is 1.26 bits per heavy atom. The van der Waals surface area contributed by atoms with Gasteiger partial charge in [-0.2, -0.15) is 0 Å². The predicted molar refractivity (Wildman–Crippen MR) is 80.1 cm³/mol. The zero-order valence-electron chi connectivity index (χ0n) is 12.5. The predicted octanol–water partition coefficient (Wildman–Crippen LogP) is 4.93. The smallest absolute Gasteiger partial charge is 0.0950 e. The minimum Gasteiger partial charge on any atom is -0.472 e.